The Labute approximate surface area is 129 Å². The van der Waals surface area contributed by atoms with Gasteiger partial charge in [0.25, 0.3) is 0 Å². The molecule has 22 heavy (non-hydrogen) atoms. The minimum absolute atomic E-state index is 0.0476. The molecule has 3 amide bonds. The lowest BCUT2D eigenvalue weighted by Crippen LogP contribution is -2.40. The van der Waals surface area contributed by atoms with Gasteiger partial charge in [-0.05, 0) is 20.3 Å². The van der Waals surface area contributed by atoms with Gasteiger partial charge in [0.1, 0.15) is 11.9 Å². The second-order valence-corrected chi connectivity index (χ2v) is 5.36. The number of fused-ring (bicyclic) bond motifs is 1. The third-order valence-corrected chi connectivity index (χ3v) is 3.28. The van der Waals surface area contributed by atoms with E-state index in [1.165, 1.54) is 0 Å². The molecule has 1 aromatic heterocycles. The van der Waals surface area contributed by atoms with Gasteiger partial charge in [-0.2, -0.15) is 0 Å². The highest BCUT2D eigenvalue weighted by Crippen LogP contribution is 2.26. The van der Waals surface area contributed by atoms with Crippen LogP contribution in [0.1, 0.15) is 38.0 Å². The van der Waals surface area contributed by atoms with E-state index in [-0.39, 0.29) is 37.1 Å². The van der Waals surface area contributed by atoms with Gasteiger partial charge in [-0.1, -0.05) is 5.92 Å². The predicted octanol–water partition coefficient (Wildman–Crippen LogP) is -0.278. The van der Waals surface area contributed by atoms with Crippen LogP contribution < -0.4 is 16.0 Å². The summed E-state index contributed by atoms with van der Waals surface area (Å²) < 4.78 is 1.78. The topological polar surface area (TPSA) is 101 Å². The van der Waals surface area contributed by atoms with E-state index in [4.69, 9.17) is 6.42 Å². The predicted molar refractivity (Wildman–Crippen MR) is 79.7 cm³/mol. The molecule has 1 aromatic rings. The summed E-state index contributed by atoms with van der Waals surface area (Å²) in [6.07, 6.45) is 6.49. The van der Waals surface area contributed by atoms with Crippen LogP contribution in [0.5, 0.6) is 0 Å². The number of aromatic nitrogens is 3. The maximum absolute atomic E-state index is 12.1. The van der Waals surface area contributed by atoms with Crippen molar-refractivity contribution in [2.75, 3.05) is 6.54 Å². The Kier molecular flexibility index (Phi) is 4.99. The third-order valence-electron chi connectivity index (χ3n) is 3.28. The first kappa shape index (κ1) is 15.8. The monoisotopic (exact) mass is 304 g/mol. The average molecular weight is 304 g/mol. The molecule has 2 rings (SSSR count). The third kappa shape index (κ3) is 3.55. The summed E-state index contributed by atoms with van der Waals surface area (Å²) in [4.78, 5) is 23.7. The van der Waals surface area contributed by atoms with Crippen molar-refractivity contribution in [3.63, 3.8) is 0 Å². The van der Waals surface area contributed by atoms with Crippen molar-refractivity contribution in [2.24, 2.45) is 0 Å². The number of aryl methyl sites for hydroxylation is 1. The lowest BCUT2D eigenvalue weighted by molar-refractivity contribution is -0.123. The highest BCUT2D eigenvalue weighted by Gasteiger charge is 2.31. The van der Waals surface area contributed by atoms with Crippen LogP contribution >= 0.6 is 0 Å². The van der Waals surface area contributed by atoms with Crippen LogP contribution in [0.25, 0.3) is 0 Å². The minimum Gasteiger partial charge on any atom is -0.343 e. The summed E-state index contributed by atoms with van der Waals surface area (Å²) in [6, 6.07) is -0.603. The van der Waals surface area contributed by atoms with Gasteiger partial charge < -0.3 is 20.5 Å². The smallest absolute Gasteiger partial charge is 0.315 e. The molecule has 1 aliphatic rings. The lowest BCUT2D eigenvalue weighted by atomic mass is 10.2. The van der Waals surface area contributed by atoms with Crippen molar-refractivity contribution < 1.29 is 9.59 Å². The molecule has 0 saturated carbocycles. The van der Waals surface area contributed by atoms with E-state index in [0.29, 0.717) is 18.7 Å². The Bertz CT molecular complexity index is 601. The Hall–Kier alpha value is -2.56. The number of hydrogen-bond donors (Lipinski definition) is 3. The molecule has 0 aromatic carbocycles. The second kappa shape index (κ2) is 6.93. The van der Waals surface area contributed by atoms with E-state index >= 15 is 0 Å². The maximum atomic E-state index is 12.1. The zero-order valence-corrected chi connectivity index (χ0v) is 12.7. The Morgan fingerprint density at radius 1 is 1.41 bits per heavy atom. The molecule has 1 aliphatic heterocycles. The van der Waals surface area contributed by atoms with Gasteiger partial charge in [0.15, 0.2) is 5.82 Å². The van der Waals surface area contributed by atoms with Crippen LogP contribution in [0.4, 0.5) is 4.79 Å². The van der Waals surface area contributed by atoms with E-state index in [0.717, 1.165) is 5.82 Å². The van der Waals surface area contributed by atoms with Crippen molar-refractivity contribution in [1.82, 2.24) is 30.7 Å². The van der Waals surface area contributed by atoms with Crippen LogP contribution in [-0.4, -0.2) is 39.3 Å². The fourth-order valence-corrected chi connectivity index (χ4v) is 2.38. The number of nitrogens with zero attached hydrogens (tertiary/aromatic N) is 3. The van der Waals surface area contributed by atoms with Crippen molar-refractivity contribution in [2.45, 2.75) is 45.3 Å². The van der Waals surface area contributed by atoms with Crippen molar-refractivity contribution in [3.05, 3.63) is 11.6 Å². The molecule has 3 N–H and O–H groups in total. The zero-order valence-electron chi connectivity index (χ0n) is 12.7. The molecular weight excluding hydrogens is 284 g/mol. The molecule has 118 valence electrons. The molecule has 1 atom stereocenters. The highest BCUT2D eigenvalue weighted by atomic mass is 16.2. The molecule has 0 radical (unpaired) electrons. The van der Waals surface area contributed by atoms with Gasteiger partial charge in [-0.3, -0.25) is 4.79 Å². The normalized spacial score (nSPS) is 16.0. The number of carbonyl (C=O) groups excluding carboxylic acids is 2. The van der Waals surface area contributed by atoms with Gasteiger partial charge in [-0.15, -0.1) is 16.6 Å². The lowest BCUT2D eigenvalue weighted by Gasteiger charge is -2.15. The number of rotatable bonds is 5. The number of nitrogens with one attached hydrogen (secondary N) is 3. The standard InChI is InChI=1S/C14H20N6O2/c1-4-7-15-13(21)10-5-6-11-18-19-12(20(10)11)8-16-14(22)17-9(2)3/h1,9-10H,5-8H2,2-3H3,(H,15,21)(H2,16,17,22). The molecule has 8 heteroatoms. The second-order valence-electron chi connectivity index (χ2n) is 5.36. The zero-order chi connectivity index (χ0) is 16.1. The summed E-state index contributed by atoms with van der Waals surface area (Å²) >= 11 is 0. The van der Waals surface area contributed by atoms with Crippen molar-refractivity contribution in [3.8, 4) is 12.3 Å². The first-order chi connectivity index (χ1) is 10.5. The molecule has 0 saturated heterocycles. The molecule has 0 aliphatic carbocycles. The van der Waals surface area contributed by atoms with Crippen LogP contribution in [0.3, 0.4) is 0 Å². The van der Waals surface area contributed by atoms with E-state index in [1.54, 1.807) is 4.57 Å². The van der Waals surface area contributed by atoms with Gasteiger partial charge >= 0.3 is 6.03 Å². The van der Waals surface area contributed by atoms with Crippen LogP contribution in [0.15, 0.2) is 0 Å². The molecule has 0 spiro atoms. The number of urea groups is 1. The highest BCUT2D eigenvalue weighted by molar-refractivity contribution is 5.81. The van der Waals surface area contributed by atoms with Gasteiger partial charge in [0.05, 0.1) is 13.1 Å². The maximum Gasteiger partial charge on any atom is 0.315 e. The number of amides is 3. The van der Waals surface area contributed by atoms with Gasteiger partial charge in [-0.25, -0.2) is 4.79 Å². The van der Waals surface area contributed by atoms with Crippen LogP contribution in [0.2, 0.25) is 0 Å². The molecule has 0 fully saturated rings. The molecule has 2 heterocycles. The fourth-order valence-electron chi connectivity index (χ4n) is 2.38. The first-order valence-corrected chi connectivity index (χ1v) is 7.21. The number of hydrogen-bond acceptors (Lipinski definition) is 4. The van der Waals surface area contributed by atoms with Crippen molar-refractivity contribution in [1.29, 1.82) is 0 Å². The summed E-state index contributed by atoms with van der Waals surface area (Å²) in [5.74, 6) is 3.54. The number of terminal acetylenes is 1. The molecular formula is C14H20N6O2. The SMILES string of the molecule is C#CCNC(=O)C1CCc2nnc(CNC(=O)NC(C)C)n21. The Morgan fingerprint density at radius 2 is 2.18 bits per heavy atom. The van der Waals surface area contributed by atoms with Crippen molar-refractivity contribution >= 4 is 11.9 Å². The van der Waals surface area contributed by atoms with Gasteiger partial charge in [0.2, 0.25) is 5.91 Å². The Morgan fingerprint density at radius 3 is 2.86 bits per heavy atom. The quantitative estimate of drug-likeness (QED) is 0.651. The molecule has 0 bridgehead atoms. The van der Waals surface area contributed by atoms with E-state index in [2.05, 4.69) is 32.1 Å². The van der Waals surface area contributed by atoms with E-state index < -0.39 is 0 Å². The van der Waals surface area contributed by atoms with Gasteiger partial charge in [0, 0.05) is 12.5 Å². The fraction of sp³-hybridized carbons (Fsp3) is 0.571. The Balaban J connectivity index is 2.02. The van der Waals surface area contributed by atoms with E-state index in [9.17, 15) is 9.59 Å². The van der Waals surface area contributed by atoms with E-state index in [1.807, 2.05) is 13.8 Å². The summed E-state index contributed by atoms with van der Waals surface area (Å²) in [5, 5.41) is 16.2. The summed E-state index contributed by atoms with van der Waals surface area (Å²) in [6.45, 7) is 4.15. The van der Waals surface area contributed by atoms with Crippen LogP contribution in [-0.2, 0) is 17.8 Å². The minimum atomic E-state index is -0.372. The largest absolute Gasteiger partial charge is 0.343 e. The molecule has 8 nitrogen and oxygen atoms in total. The summed E-state index contributed by atoms with van der Waals surface area (Å²) in [7, 11) is 0. The number of carbonyl (C=O) groups is 2. The van der Waals surface area contributed by atoms with Crippen LogP contribution in [0, 0.1) is 12.3 Å². The first-order valence-electron chi connectivity index (χ1n) is 7.21. The average Bonchev–Trinajstić information content (AvgIpc) is 3.03. The summed E-state index contributed by atoms with van der Waals surface area (Å²) in [5.41, 5.74) is 0. The molecule has 1 unspecified atom stereocenters.